The number of hydrogen-bond acceptors (Lipinski definition) is 3. The van der Waals surface area contributed by atoms with E-state index in [-0.39, 0.29) is 23.4 Å². The van der Waals surface area contributed by atoms with Gasteiger partial charge in [0.2, 0.25) is 0 Å². The fourth-order valence-electron chi connectivity index (χ4n) is 10.4. The summed E-state index contributed by atoms with van der Waals surface area (Å²) >= 11 is 0. The van der Waals surface area contributed by atoms with Crippen LogP contribution in [0.15, 0.2) is 0 Å². The van der Waals surface area contributed by atoms with Crippen LogP contribution in [0.25, 0.3) is 0 Å². The van der Waals surface area contributed by atoms with E-state index >= 15 is 0 Å². The topological polar surface area (TPSA) is 43.4 Å². The average molecular weight is 487 g/mol. The Morgan fingerprint density at radius 1 is 0.829 bits per heavy atom. The van der Waals surface area contributed by atoms with E-state index in [0.717, 1.165) is 43.4 Å². The Morgan fingerprint density at radius 3 is 2.14 bits per heavy atom. The molecule has 0 amide bonds. The van der Waals surface area contributed by atoms with Crippen LogP contribution in [-0.4, -0.2) is 17.9 Å². The highest BCUT2D eigenvalue weighted by Gasteiger charge is 2.67. The lowest BCUT2D eigenvalue weighted by molar-refractivity contribution is -0.206. The van der Waals surface area contributed by atoms with Crippen molar-refractivity contribution >= 4 is 11.8 Å². The van der Waals surface area contributed by atoms with Crippen molar-refractivity contribution in [2.45, 2.75) is 132 Å². The quantitative estimate of drug-likeness (QED) is 0.340. The molecule has 10 atom stereocenters. The zero-order chi connectivity index (χ0) is 25.8. The number of hydrogen-bond donors (Lipinski definition) is 0. The van der Waals surface area contributed by atoms with Crippen molar-refractivity contribution in [2.75, 3.05) is 0 Å². The number of ketones is 1. The molecule has 35 heavy (non-hydrogen) atoms. The van der Waals surface area contributed by atoms with Crippen LogP contribution in [0.4, 0.5) is 0 Å². The molecule has 0 aromatic rings. The molecule has 4 rings (SSSR count). The molecule has 3 nitrogen and oxygen atoms in total. The third kappa shape index (κ3) is 4.54. The Bertz CT molecular complexity index is 803. The molecule has 0 bridgehead atoms. The van der Waals surface area contributed by atoms with E-state index in [4.69, 9.17) is 4.74 Å². The second-order valence-electron chi connectivity index (χ2n) is 14.6. The molecule has 0 aromatic carbocycles. The Morgan fingerprint density at radius 2 is 1.51 bits per heavy atom. The maximum atomic E-state index is 12.3. The molecular weight excluding hydrogens is 432 g/mol. The third-order valence-electron chi connectivity index (χ3n) is 12.6. The van der Waals surface area contributed by atoms with Gasteiger partial charge in [0.1, 0.15) is 11.9 Å². The molecule has 0 radical (unpaired) electrons. The number of ether oxygens (including phenoxy) is 1. The smallest absolute Gasteiger partial charge is 0.302 e. The molecule has 0 aromatic heterocycles. The van der Waals surface area contributed by atoms with E-state index in [1.807, 2.05) is 0 Å². The minimum Gasteiger partial charge on any atom is -0.462 e. The highest BCUT2D eigenvalue weighted by molar-refractivity contribution is 5.78. The fraction of sp³-hybridized carbons (Fsp3) is 0.938. The van der Waals surface area contributed by atoms with Crippen LogP contribution in [0, 0.1) is 57.7 Å². The normalized spacial score (nSPS) is 45.9. The molecule has 3 heteroatoms. The van der Waals surface area contributed by atoms with E-state index in [9.17, 15) is 9.59 Å². The van der Waals surface area contributed by atoms with Gasteiger partial charge in [0, 0.05) is 18.8 Å². The van der Waals surface area contributed by atoms with Gasteiger partial charge in [-0.15, -0.1) is 0 Å². The predicted octanol–water partition coefficient (Wildman–Crippen LogP) is 8.24. The van der Waals surface area contributed by atoms with Crippen LogP contribution >= 0.6 is 0 Å². The summed E-state index contributed by atoms with van der Waals surface area (Å²) in [7, 11) is 0. The lowest BCUT2D eigenvalue weighted by Gasteiger charge is -2.66. The molecular formula is C32H54O3. The zero-order valence-corrected chi connectivity index (χ0v) is 24.1. The Balaban J connectivity index is 1.61. The molecule has 0 heterocycles. The monoisotopic (exact) mass is 486 g/mol. The zero-order valence-electron chi connectivity index (χ0n) is 24.1. The van der Waals surface area contributed by atoms with Crippen molar-refractivity contribution in [3.63, 3.8) is 0 Å². The first-order chi connectivity index (χ1) is 16.3. The molecule has 4 aliphatic rings. The van der Waals surface area contributed by atoms with Gasteiger partial charge in [0.25, 0.3) is 0 Å². The van der Waals surface area contributed by atoms with E-state index in [2.05, 4.69) is 41.5 Å². The molecule has 0 spiro atoms. The van der Waals surface area contributed by atoms with E-state index in [0.29, 0.717) is 34.4 Å². The van der Waals surface area contributed by atoms with Gasteiger partial charge >= 0.3 is 5.97 Å². The van der Waals surface area contributed by atoms with Gasteiger partial charge in [-0.1, -0.05) is 60.8 Å². The third-order valence-corrected chi connectivity index (χ3v) is 12.6. The molecule has 0 saturated heterocycles. The van der Waals surface area contributed by atoms with Crippen LogP contribution < -0.4 is 0 Å². The maximum absolute atomic E-state index is 12.3. The summed E-state index contributed by atoms with van der Waals surface area (Å²) in [6, 6.07) is 0. The standard InChI is InChI=1S/C32H54O3/c1-20(2)10-9-11-21(3)25-13-16-32(8)27-19-29(35-23(5)34)28-18-24(22(4)33)12-15-30(28,6)26(27)14-17-31(25,32)7/h20-21,24-29H,9-19H2,1-8H3/t21-,24+,25+,26-,27+,28-,29+,30-,31+,32-/m1/s1. The van der Waals surface area contributed by atoms with E-state index in [1.54, 1.807) is 13.8 Å². The van der Waals surface area contributed by atoms with Gasteiger partial charge < -0.3 is 4.74 Å². The molecule has 0 N–H and O–H groups in total. The molecule has 4 saturated carbocycles. The Hall–Kier alpha value is -0.860. The molecule has 0 unspecified atom stereocenters. The summed E-state index contributed by atoms with van der Waals surface area (Å²) in [6.45, 7) is 18.3. The van der Waals surface area contributed by atoms with Gasteiger partial charge in [0.05, 0.1) is 0 Å². The lowest BCUT2D eigenvalue weighted by Crippen LogP contribution is -2.61. The first-order valence-corrected chi connectivity index (χ1v) is 15.0. The summed E-state index contributed by atoms with van der Waals surface area (Å²) in [6.07, 6.45) is 13.5. The van der Waals surface area contributed by atoms with Gasteiger partial charge in [0.15, 0.2) is 0 Å². The summed E-state index contributed by atoms with van der Waals surface area (Å²) in [5.41, 5.74) is 0.878. The molecule has 200 valence electrons. The van der Waals surface area contributed by atoms with Crippen molar-refractivity contribution in [1.82, 2.24) is 0 Å². The summed E-state index contributed by atoms with van der Waals surface area (Å²) < 4.78 is 6.13. The van der Waals surface area contributed by atoms with Crippen LogP contribution in [0.3, 0.4) is 0 Å². The molecule has 0 aliphatic heterocycles. The van der Waals surface area contributed by atoms with Crippen LogP contribution in [0.2, 0.25) is 0 Å². The first kappa shape index (κ1) is 27.2. The first-order valence-electron chi connectivity index (χ1n) is 15.0. The maximum Gasteiger partial charge on any atom is 0.302 e. The van der Waals surface area contributed by atoms with Crippen molar-refractivity contribution in [2.24, 2.45) is 57.7 Å². The summed E-state index contributed by atoms with van der Waals surface area (Å²) in [4.78, 5) is 24.6. The van der Waals surface area contributed by atoms with Gasteiger partial charge in [-0.05, 0) is 104 Å². The molecule has 4 aliphatic carbocycles. The lowest BCUT2D eigenvalue weighted by atomic mass is 9.39. The highest BCUT2D eigenvalue weighted by atomic mass is 16.5. The predicted molar refractivity (Wildman–Crippen MR) is 143 cm³/mol. The summed E-state index contributed by atoms with van der Waals surface area (Å²) in [5, 5.41) is 0. The minimum atomic E-state index is -0.146. The van der Waals surface area contributed by atoms with E-state index in [1.165, 1.54) is 44.9 Å². The number of carbonyl (C=O) groups is 2. The number of carbonyl (C=O) groups excluding carboxylic acids is 2. The van der Waals surface area contributed by atoms with Crippen molar-refractivity contribution in [3.05, 3.63) is 0 Å². The fourth-order valence-corrected chi connectivity index (χ4v) is 10.4. The van der Waals surface area contributed by atoms with Crippen LogP contribution in [0.5, 0.6) is 0 Å². The average Bonchev–Trinajstić information content (AvgIpc) is 3.04. The van der Waals surface area contributed by atoms with Crippen molar-refractivity contribution in [1.29, 1.82) is 0 Å². The number of rotatable bonds is 7. The van der Waals surface area contributed by atoms with Gasteiger partial charge in [-0.2, -0.15) is 0 Å². The Kier molecular flexibility index (Phi) is 7.60. The number of Topliss-reactive ketones (excluding diaryl/α,β-unsaturated/α-hetero) is 1. The van der Waals surface area contributed by atoms with Gasteiger partial charge in [-0.25, -0.2) is 0 Å². The highest BCUT2D eigenvalue weighted by Crippen LogP contribution is 2.74. The van der Waals surface area contributed by atoms with E-state index < -0.39 is 0 Å². The summed E-state index contributed by atoms with van der Waals surface area (Å²) in [5.74, 6) is 4.37. The van der Waals surface area contributed by atoms with Crippen LogP contribution in [0.1, 0.15) is 126 Å². The minimum absolute atomic E-state index is 0.0254. The van der Waals surface area contributed by atoms with Gasteiger partial charge in [-0.3, -0.25) is 9.59 Å². The van der Waals surface area contributed by atoms with Crippen LogP contribution in [-0.2, 0) is 14.3 Å². The molecule has 4 fully saturated rings. The second-order valence-corrected chi connectivity index (χ2v) is 14.6. The van der Waals surface area contributed by atoms with Crippen molar-refractivity contribution in [3.8, 4) is 0 Å². The number of esters is 1. The van der Waals surface area contributed by atoms with Crippen molar-refractivity contribution < 1.29 is 14.3 Å². The second kappa shape index (κ2) is 9.79. The largest absolute Gasteiger partial charge is 0.462 e. The number of fused-ring (bicyclic) bond motifs is 5. The Labute approximate surface area is 215 Å². The SMILES string of the molecule is CC(=O)O[C@H]1C[C@H]2[C@@H](CC[C@@]3(C)[C@H]([C@H](C)CCCC(C)C)CC[C@]23C)[C@@]2(C)CC[C@H](C(C)=O)C[C@H]12.